The Morgan fingerprint density at radius 1 is 0.762 bits per heavy atom. The minimum Gasteiger partial charge on any atom is -0.460 e. The first-order valence-corrected chi connectivity index (χ1v) is 14.7. The van der Waals surface area contributed by atoms with Crippen molar-refractivity contribution in [1.82, 2.24) is 4.57 Å². The van der Waals surface area contributed by atoms with Gasteiger partial charge in [-0.1, -0.05) is 72.8 Å². The molecule has 0 N–H and O–H groups in total. The molecule has 0 amide bonds. The molecule has 0 saturated carbocycles. The molecule has 6 aromatic rings. The van der Waals surface area contributed by atoms with E-state index in [0.29, 0.717) is 0 Å². The number of aryl methyl sites for hydroxylation is 4. The summed E-state index contributed by atoms with van der Waals surface area (Å²) < 4.78 is 9.20. The average molecular weight is 545 g/mol. The van der Waals surface area contributed by atoms with Gasteiger partial charge in [-0.2, -0.15) is 0 Å². The van der Waals surface area contributed by atoms with Crippen molar-refractivity contribution in [3.8, 4) is 0 Å². The van der Waals surface area contributed by atoms with Crippen molar-refractivity contribution in [2.45, 2.75) is 33.6 Å². The van der Waals surface area contributed by atoms with E-state index < -0.39 is 0 Å². The monoisotopic (exact) mass is 544 g/mol. The number of benzene rings is 4. The van der Waals surface area contributed by atoms with E-state index in [4.69, 9.17) is 4.42 Å². The lowest BCUT2D eigenvalue weighted by molar-refractivity contribution is 0.545. The summed E-state index contributed by atoms with van der Waals surface area (Å²) in [5.41, 5.74) is 13.9. The SMILES string of the molecule is C=C1/C=C\C=C/N(c2c(C)cc(C)cc2C)c2ccc3c4c(oc3c21)CCC(n1c2ccccc2c2ccccc21)=C4. The van der Waals surface area contributed by atoms with Crippen LogP contribution in [0.4, 0.5) is 11.4 Å². The molecule has 3 nitrogen and oxygen atoms in total. The molecule has 0 bridgehead atoms. The van der Waals surface area contributed by atoms with Crippen LogP contribution in [-0.4, -0.2) is 4.57 Å². The van der Waals surface area contributed by atoms with Crippen LogP contribution in [0.5, 0.6) is 0 Å². The van der Waals surface area contributed by atoms with Crippen LogP contribution in [-0.2, 0) is 6.42 Å². The molecule has 2 aromatic heterocycles. The molecule has 3 heteroatoms. The number of aromatic nitrogens is 1. The molecule has 0 saturated heterocycles. The van der Waals surface area contributed by atoms with E-state index in [-0.39, 0.29) is 0 Å². The summed E-state index contributed by atoms with van der Waals surface area (Å²) >= 11 is 0. The second kappa shape index (κ2) is 9.25. The fraction of sp³-hybridized carbons (Fsp3) is 0.128. The second-order valence-electron chi connectivity index (χ2n) is 11.6. The number of para-hydroxylation sites is 2. The average Bonchev–Trinajstić information content (AvgIpc) is 3.51. The van der Waals surface area contributed by atoms with Crippen LogP contribution >= 0.6 is 0 Å². The summed E-state index contributed by atoms with van der Waals surface area (Å²) in [6.45, 7) is 11.0. The number of fused-ring (bicyclic) bond motifs is 8. The summed E-state index contributed by atoms with van der Waals surface area (Å²) in [5, 5.41) is 3.71. The maximum Gasteiger partial charge on any atom is 0.144 e. The van der Waals surface area contributed by atoms with Gasteiger partial charge in [0.15, 0.2) is 0 Å². The van der Waals surface area contributed by atoms with Crippen molar-refractivity contribution in [2.24, 2.45) is 0 Å². The zero-order valence-corrected chi connectivity index (χ0v) is 24.2. The third kappa shape index (κ3) is 3.60. The second-order valence-corrected chi connectivity index (χ2v) is 11.6. The van der Waals surface area contributed by atoms with Gasteiger partial charge in [0.1, 0.15) is 11.3 Å². The Labute approximate surface area is 246 Å². The molecule has 2 aliphatic rings. The van der Waals surface area contributed by atoms with Crippen molar-refractivity contribution in [2.75, 3.05) is 4.90 Å². The molecule has 204 valence electrons. The van der Waals surface area contributed by atoms with Crippen molar-refractivity contribution < 1.29 is 4.42 Å². The zero-order valence-electron chi connectivity index (χ0n) is 24.2. The van der Waals surface area contributed by atoms with E-state index in [1.54, 1.807) is 0 Å². The predicted molar refractivity (Wildman–Crippen MR) is 178 cm³/mol. The van der Waals surface area contributed by atoms with Gasteiger partial charge in [-0.25, -0.2) is 0 Å². The van der Waals surface area contributed by atoms with Gasteiger partial charge in [0, 0.05) is 45.6 Å². The quantitative estimate of drug-likeness (QED) is 0.216. The van der Waals surface area contributed by atoms with Gasteiger partial charge in [0.05, 0.1) is 22.4 Å². The summed E-state index contributed by atoms with van der Waals surface area (Å²) in [5.74, 6) is 1.05. The molecule has 0 fully saturated rings. The third-order valence-electron chi connectivity index (χ3n) is 8.84. The highest BCUT2D eigenvalue weighted by Crippen LogP contribution is 2.45. The molecule has 8 rings (SSSR count). The Hall–Kier alpha value is -5.02. The van der Waals surface area contributed by atoms with Crippen LogP contribution in [0, 0.1) is 20.8 Å². The largest absolute Gasteiger partial charge is 0.460 e. The van der Waals surface area contributed by atoms with Crippen LogP contribution in [0.2, 0.25) is 0 Å². The lowest BCUT2D eigenvalue weighted by Crippen LogP contribution is -2.14. The molecule has 4 aromatic carbocycles. The molecule has 1 aliphatic carbocycles. The van der Waals surface area contributed by atoms with Crippen molar-refractivity contribution in [1.29, 1.82) is 0 Å². The zero-order chi connectivity index (χ0) is 28.5. The molecule has 0 spiro atoms. The first-order valence-electron chi connectivity index (χ1n) is 14.7. The molecule has 0 atom stereocenters. The van der Waals surface area contributed by atoms with Gasteiger partial charge in [0.25, 0.3) is 0 Å². The van der Waals surface area contributed by atoms with Gasteiger partial charge in [0.2, 0.25) is 0 Å². The first-order chi connectivity index (χ1) is 20.5. The summed E-state index contributed by atoms with van der Waals surface area (Å²) in [6.07, 6.45) is 12.5. The Kier molecular flexibility index (Phi) is 5.45. The van der Waals surface area contributed by atoms with Gasteiger partial charge < -0.3 is 13.9 Å². The van der Waals surface area contributed by atoms with Crippen molar-refractivity contribution in [3.63, 3.8) is 0 Å². The molecule has 3 heterocycles. The fourth-order valence-corrected chi connectivity index (χ4v) is 7.18. The van der Waals surface area contributed by atoms with Crippen LogP contribution in [0.3, 0.4) is 0 Å². The van der Waals surface area contributed by atoms with E-state index >= 15 is 0 Å². The van der Waals surface area contributed by atoms with Crippen LogP contribution < -0.4 is 4.90 Å². The standard InChI is InChI=1S/C39H32N2O/c1-24-21-26(3)38(27(4)22-24)40-20-10-9-11-25(2)37-35(40)18-17-31-32-23-28(16-19-36(32)42-39(31)37)41-33-14-7-5-12-29(33)30-13-6-8-15-34(30)41/h5-15,17-18,20-23H,2,16,19H2,1,3-4H3/b11-9-,20-10-. The molecule has 42 heavy (non-hydrogen) atoms. The molecule has 1 aliphatic heterocycles. The molecular weight excluding hydrogens is 512 g/mol. The Balaban J connectivity index is 1.35. The van der Waals surface area contributed by atoms with E-state index in [9.17, 15) is 0 Å². The lowest BCUT2D eigenvalue weighted by Gasteiger charge is -2.28. The summed E-state index contributed by atoms with van der Waals surface area (Å²) in [6, 6.07) is 26.4. The lowest BCUT2D eigenvalue weighted by atomic mass is 9.95. The normalized spacial score (nSPS) is 16.3. The van der Waals surface area contributed by atoms with E-state index in [1.807, 2.05) is 0 Å². The Bertz CT molecular complexity index is 2120. The highest BCUT2D eigenvalue weighted by Gasteiger charge is 2.26. The van der Waals surface area contributed by atoms with Crippen LogP contribution in [0.25, 0.3) is 50.1 Å². The summed E-state index contributed by atoms with van der Waals surface area (Å²) in [7, 11) is 0. The number of allylic oxidation sites excluding steroid dienone is 5. The smallest absolute Gasteiger partial charge is 0.144 e. The van der Waals surface area contributed by atoms with E-state index in [1.165, 1.54) is 55.4 Å². The molecule has 0 radical (unpaired) electrons. The van der Waals surface area contributed by atoms with Crippen LogP contribution in [0.1, 0.15) is 40.0 Å². The minimum absolute atomic E-state index is 0.855. The van der Waals surface area contributed by atoms with Gasteiger partial charge >= 0.3 is 0 Å². The number of rotatable bonds is 2. The molecular formula is C39H32N2O. The van der Waals surface area contributed by atoms with E-state index in [2.05, 4.69) is 140 Å². The molecule has 0 unspecified atom stereocenters. The maximum atomic E-state index is 6.76. The maximum absolute atomic E-state index is 6.76. The number of furan rings is 1. The van der Waals surface area contributed by atoms with Crippen molar-refractivity contribution in [3.05, 3.63) is 137 Å². The fourth-order valence-electron chi connectivity index (χ4n) is 7.18. The van der Waals surface area contributed by atoms with Gasteiger partial charge in [-0.3, -0.25) is 0 Å². The number of hydrogen-bond donors (Lipinski definition) is 0. The highest BCUT2D eigenvalue weighted by molar-refractivity contribution is 6.11. The minimum atomic E-state index is 0.855. The van der Waals surface area contributed by atoms with E-state index in [0.717, 1.165) is 46.4 Å². The Morgan fingerprint density at radius 2 is 1.45 bits per heavy atom. The van der Waals surface area contributed by atoms with Gasteiger partial charge in [-0.05, 0) is 80.3 Å². The van der Waals surface area contributed by atoms with Crippen molar-refractivity contribution >= 4 is 61.5 Å². The summed E-state index contributed by atoms with van der Waals surface area (Å²) in [4.78, 5) is 2.30. The van der Waals surface area contributed by atoms with Gasteiger partial charge in [-0.15, -0.1) is 0 Å². The predicted octanol–water partition coefficient (Wildman–Crippen LogP) is 10.6. The topological polar surface area (TPSA) is 21.3 Å². The first kappa shape index (κ1) is 24.8. The highest BCUT2D eigenvalue weighted by atomic mass is 16.3. The third-order valence-corrected chi connectivity index (χ3v) is 8.84. The number of hydrogen-bond acceptors (Lipinski definition) is 2. The van der Waals surface area contributed by atoms with Crippen LogP contribution in [0.15, 0.2) is 108 Å². The number of anilines is 2. The number of nitrogens with zero attached hydrogens (tertiary/aromatic N) is 2. The Morgan fingerprint density at radius 3 is 2.17 bits per heavy atom.